The number of hydrogen-bond acceptors (Lipinski definition) is 4. The van der Waals surface area contributed by atoms with E-state index in [-0.39, 0.29) is 25.4 Å². The van der Waals surface area contributed by atoms with E-state index in [1.165, 1.54) is 0 Å². The first-order chi connectivity index (χ1) is 10.3. The smallest absolute Gasteiger partial charge is 0.306 e. The van der Waals surface area contributed by atoms with E-state index in [0.29, 0.717) is 12.0 Å². The molecule has 0 aliphatic heterocycles. The minimum atomic E-state index is -0.378. The van der Waals surface area contributed by atoms with E-state index in [2.05, 4.69) is 0 Å². The molecule has 0 saturated carbocycles. The highest BCUT2D eigenvalue weighted by Gasteiger charge is 2.04. The second-order valence-corrected chi connectivity index (χ2v) is 4.43. The molecule has 4 heteroatoms. The summed E-state index contributed by atoms with van der Waals surface area (Å²) in [4.78, 5) is 21.5. The molecule has 0 fully saturated rings. The number of benzene rings is 2. The lowest BCUT2D eigenvalue weighted by atomic mass is 10.2. The average molecular weight is 284 g/mol. The molecule has 0 aliphatic rings. The fraction of sp³-hybridized carbons (Fsp3) is 0.176. The van der Waals surface area contributed by atoms with Gasteiger partial charge in [0.1, 0.15) is 24.4 Å². The molecule has 0 unspecified atom stereocenters. The number of hydrogen-bond donors (Lipinski definition) is 0. The van der Waals surface area contributed by atoms with Gasteiger partial charge in [0.25, 0.3) is 0 Å². The quantitative estimate of drug-likeness (QED) is 0.577. The molecule has 0 radical (unpaired) electrons. The van der Waals surface area contributed by atoms with Gasteiger partial charge < -0.3 is 14.3 Å². The normalized spacial score (nSPS) is 9.90. The van der Waals surface area contributed by atoms with Crippen LogP contribution in [0.5, 0.6) is 11.5 Å². The molecular formula is C17H16O4. The molecule has 0 amide bonds. The van der Waals surface area contributed by atoms with Crippen molar-refractivity contribution in [2.45, 2.75) is 19.4 Å². The molecule has 0 atom stereocenters. The average Bonchev–Trinajstić information content (AvgIpc) is 2.52. The molecule has 0 saturated heterocycles. The van der Waals surface area contributed by atoms with Crippen molar-refractivity contribution in [2.24, 2.45) is 0 Å². The summed E-state index contributed by atoms with van der Waals surface area (Å²) in [5.74, 6) is 1.05. The maximum absolute atomic E-state index is 11.3. The van der Waals surface area contributed by atoms with Crippen molar-refractivity contribution in [3.63, 3.8) is 0 Å². The van der Waals surface area contributed by atoms with Gasteiger partial charge in [-0.15, -0.1) is 0 Å². The van der Waals surface area contributed by atoms with Crippen LogP contribution in [-0.4, -0.2) is 12.3 Å². The lowest BCUT2D eigenvalue weighted by molar-refractivity contribution is -0.145. The molecular weight excluding hydrogens is 268 g/mol. The lowest BCUT2D eigenvalue weighted by Gasteiger charge is -2.08. The number of carbonyl (C=O) groups excluding carboxylic acids is 2. The third-order valence-electron chi connectivity index (χ3n) is 2.74. The monoisotopic (exact) mass is 284 g/mol. The van der Waals surface area contributed by atoms with Crippen LogP contribution in [0, 0.1) is 0 Å². The highest BCUT2D eigenvalue weighted by atomic mass is 16.5. The molecule has 2 aromatic carbocycles. The number of para-hydroxylation sites is 1. The van der Waals surface area contributed by atoms with Crippen LogP contribution in [-0.2, 0) is 20.9 Å². The summed E-state index contributed by atoms with van der Waals surface area (Å²) in [5.41, 5.74) is 0.836. The molecule has 0 N–H and O–H groups in total. The SMILES string of the molecule is O=CCCC(=O)OCc1cccc(Oc2ccccc2)c1. The summed E-state index contributed by atoms with van der Waals surface area (Å²) in [6, 6.07) is 16.8. The van der Waals surface area contributed by atoms with Crippen molar-refractivity contribution in [1.82, 2.24) is 0 Å². The first kappa shape index (κ1) is 14.8. The van der Waals surface area contributed by atoms with Gasteiger partial charge in [0.15, 0.2) is 0 Å². The first-order valence-electron chi connectivity index (χ1n) is 6.69. The summed E-state index contributed by atoms with van der Waals surface area (Å²) < 4.78 is 10.8. The number of aldehydes is 1. The molecule has 0 spiro atoms. The Kier molecular flexibility index (Phi) is 5.52. The molecule has 0 aromatic heterocycles. The predicted octanol–water partition coefficient (Wildman–Crippen LogP) is 3.50. The fourth-order valence-electron chi connectivity index (χ4n) is 1.74. The fourth-order valence-corrected chi connectivity index (χ4v) is 1.74. The molecule has 21 heavy (non-hydrogen) atoms. The van der Waals surface area contributed by atoms with Gasteiger partial charge in [-0.2, -0.15) is 0 Å². The van der Waals surface area contributed by atoms with Gasteiger partial charge in [0, 0.05) is 6.42 Å². The van der Waals surface area contributed by atoms with Crippen LogP contribution < -0.4 is 4.74 Å². The van der Waals surface area contributed by atoms with Crippen LogP contribution in [0.15, 0.2) is 54.6 Å². The van der Waals surface area contributed by atoms with Crippen LogP contribution in [0.2, 0.25) is 0 Å². The van der Waals surface area contributed by atoms with Gasteiger partial charge in [0.2, 0.25) is 0 Å². The van der Waals surface area contributed by atoms with Gasteiger partial charge in [-0.25, -0.2) is 0 Å². The Bertz CT molecular complexity index is 593. The van der Waals surface area contributed by atoms with Gasteiger partial charge in [0.05, 0.1) is 6.42 Å². The highest BCUT2D eigenvalue weighted by Crippen LogP contribution is 2.22. The van der Waals surface area contributed by atoms with Gasteiger partial charge >= 0.3 is 5.97 Å². The van der Waals surface area contributed by atoms with E-state index in [9.17, 15) is 9.59 Å². The van der Waals surface area contributed by atoms with Crippen molar-refractivity contribution >= 4 is 12.3 Å². The van der Waals surface area contributed by atoms with Crippen LogP contribution >= 0.6 is 0 Å². The van der Waals surface area contributed by atoms with E-state index in [0.717, 1.165) is 11.3 Å². The largest absolute Gasteiger partial charge is 0.461 e. The second-order valence-electron chi connectivity index (χ2n) is 4.43. The molecule has 4 nitrogen and oxygen atoms in total. The number of ether oxygens (including phenoxy) is 2. The van der Waals surface area contributed by atoms with Gasteiger partial charge in [-0.3, -0.25) is 4.79 Å². The standard InChI is InChI=1S/C17H16O4/c18-11-5-10-17(19)20-13-14-6-4-9-16(12-14)21-15-7-2-1-3-8-15/h1-4,6-9,11-12H,5,10,13H2. The van der Waals surface area contributed by atoms with Crippen molar-refractivity contribution in [1.29, 1.82) is 0 Å². The Morgan fingerprint density at radius 3 is 2.52 bits per heavy atom. The molecule has 108 valence electrons. The summed E-state index contributed by atoms with van der Waals surface area (Å²) in [6.07, 6.45) is 1.01. The third-order valence-corrected chi connectivity index (χ3v) is 2.74. The molecule has 0 bridgehead atoms. The molecule has 0 aliphatic carbocycles. The lowest BCUT2D eigenvalue weighted by Crippen LogP contribution is -2.04. The third kappa shape index (κ3) is 5.10. The molecule has 2 aromatic rings. The Morgan fingerprint density at radius 1 is 1.00 bits per heavy atom. The van der Waals surface area contributed by atoms with Crippen molar-refractivity contribution in [2.75, 3.05) is 0 Å². The Hall–Kier alpha value is -2.62. The predicted molar refractivity (Wildman–Crippen MR) is 78.1 cm³/mol. The topological polar surface area (TPSA) is 52.6 Å². The maximum Gasteiger partial charge on any atom is 0.306 e. The zero-order valence-electron chi connectivity index (χ0n) is 11.5. The van der Waals surface area contributed by atoms with Gasteiger partial charge in [-0.05, 0) is 29.8 Å². The minimum Gasteiger partial charge on any atom is -0.461 e. The van der Waals surface area contributed by atoms with E-state index in [4.69, 9.17) is 9.47 Å². The highest BCUT2D eigenvalue weighted by molar-refractivity contribution is 5.72. The Balaban J connectivity index is 1.92. The Morgan fingerprint density at radius 2 is 1.76 bits per heavy atom. The van der Waals surface area contributed by atoms with Gasteiger partial charge in [-0.1, -0.05) is 30.3 Å². The number of rotatable bonds is 7. The van der Waals surface area contributed by atoms with E-state index in [1.54, 1.807) is 0 Å². The number of esters is 1. The van der Waals surface area contributed by atoms with Crippen LogP contribution in [0.25, 0.3) is 0 Å². The summed E-state index contributed by atoms with van der Waals surface area (Å²) in [5, 5.41) is 0. The van der Waals surface area contributed by atoms with E-state index >= 15 is 0 Å². The van der Waals surface area contributed by atoms with Crippen LogP contribution in [0.1, 0.15) is 18.4 Å². The minimum absolute atomic E-state index is 0.115. The first-order valence-corrected chi connectivity index (χ1v) is 6.69. The zero-order chi connectivity index (χ0) is 14.9. The summed E-state index contributed by atoms with van der Waals surface area (Å²) in [7, 11) is 0. The van der Waals surface area contributed by atoms with Crippen molar-refractivity contribution in [3.05, 3.63) is 60.2 Å². The van der Waals surface area contributed by atoms with E-state index < -0.39 is 0 Å². The summed E-state index contributed by atoms with van der Waals surface area (Å²) >= 11 is 0. The van der Waals surface area contributed by atoms with Crippen LogP contribution in [0.4, 0.5) is 0 Å². The molecule has 2 rings (SSSR count). The second kappa shape index (κ2) is 7.85. The maximum atomic E-state index is 11.3. The number of carbonyl (C=O) groups is 2. The summed E-state index contributed by atoms with van der Waals surface area (Å²) in [6.45, 7) is 0.170. The van der Waals surface area contributed by atoms with E-state index in [1.807, 2.05) is 54.6 Å². The zero-order valence-corrected chi connectivity index (χ0v) is 11.5. The molecule has 0 heterocycles. The van der Waals surface area contributed by atoms with Crippen molar-refractivity contribution < 1.29 is 19.1 Å². The Labute approximate surface area is 123 Å². The van der Waals surface area contributed by atoms with Crippen molar-refractivity contribution in [3.8, 4) is 11.5 Å². The van der Waals surface area contributed by atoms with Crippen LogP contribution in [0.3, 0.4) is 0 Å².